The Bertz CT molecular complexity index is 855. The molecule has 3 aliphatic heterocycles. The van der Waals surface area contributed by atoms with Crippen LogP contribution < -0.4 is 5.32 Å². The number of nitrogens with one attached hydrogen (secondary N) is 1. The number of carbonyl (C=O) groups excluding carboxylic acids is 2. The van der Waals surface area contributed by atoms with E-state index in [9.17, 15) is 9.59 Å². The zero-order chi connectivity index (χ0) is 21.4. The summed E-state index contributed by atoms with van der Waals surface area (Å²) in [4.78, 5) is 30.6. The summed E-state index contributed by atoms with van der Waals surface area (Å²) in [7, 11) is 1.37. The molecule has 4 aliphatic rings. The fraction of sp³-hybridized carbons (Fsp3) is 0.600. The first-order valence-electron chi connectivity index (χ1n) is 11.8. The van der Waals surface area contributed by atoms with Crippen LogP contribution in [0.25, 0.3) is 0 Å². The van der Waals surface area contributed by atoms with E-state index in [1.54, 1.807) is 0 Å². The molecule has 0 radical (unpaired) electrons. The van der Waals surface area contributed by atoms with Crippen LogP contribution in [0.5, 0.6) is 0 Å². The summed E-state index contributed by atoms with van der Waals surface area (Å²) in [5.74, 6) is 0.684. The molecule has 3 saturated heterocycles. The van der Waals surface area contributed by atoms with Gasteiger partial charge in [0.25, 0.3) is 0 Å². The molecule has 0 spiro atoms. The van der Waals surface area contributed by atoms with Gasteiger partial charge < -0.3 is 15.0 Å². The molecule has 1 aliphatic carbocycles. The number of fused-ring (bicyclic) bond motifs is 6. The van der Waals surface area contributed by atoms with Gasteiger partial charge in [0.15, 0.2) is 6.04 Å². The second-order valence-electron chi connectivity index (χ2n) is 9.52. The van der Waals surface area contributed by atoms with E-state index >= 15 is 0 Å². The Kier molecular flexibility index (Phi) is 5.74. The van der Waals surface area contributed by atoms with Crippen molar-refractivity contribution in [1.82, 2.24) is 15.1 Å². The Morgan fingerprint density at radius 3 is 2.77 bits per heavy atom. The number of piperidine rings is 3. The van der Waals surface area contributed by atoms with Crippen LogP contribution in [-0.4, -0.2) is 60.6 Å². The molecule has 166 valence electrons. The van der Waals surface area contributed by atoms with Crippen LogP contribution >= 0.6 is 0 Å². The predicted molar refractivity (Wildman–Crippen MR) is 118 cm³/mol. The molecule has 2 amide bonds. The van der Waals surface area contributed by atoms with Gasteiger partial charge in [0.2, 0.25) is 0 Å². The number of hydrogen-bond acceptors (Lipinski definition) is 4. The van der Waals surface area contributed by atoms with Crippen molar-refractivity contribution in [2.24, 2.45) is 11.8 Å². The smallest absolute Gasteiger partial charge is 0.333 e. The second-order valence-corrected chi connectivity index (χ2v) is 9.52. The first kappa shape index (κ1) is 20.6. The Morgan fingerprint density at radius 1 is 1.13 bits per heavy atom. The summed E-state index contributed by atoms with van der Waals surface area (Å²) in [6.07, 6.45) is 9.71. The van der Waals surface area contributed by atoms with Crippen molar-refractivity contribution in [3.05, 3.63) is 47.5 Å². The summed E-state index contributed by atoms with van der Waals surface area (Å²) in [6, 6.07) is 9.26. The standard InChI is InChI=1S/C25H33N3O3/c1-31-24(29)22(17-8-3-2-4-9-17)26-25(30)28-13-7-10-18-14-19-15-20(23(18)28)16-27-12-6-5-11-21(19)27/h2-4,8-9,14,19-23H,5-7,10-13,15-16H2,1H3,(H,26,30)/t19?,20?,21-,22+,23-/m1/s1. The van der Waals surface area contributed by atoms with E-state index in [2.05, 4.69) is 16.3 Å². The highest BCUT2D eigenvalue weighted by molar-refractivity contribution is 5.85. The van der Waals surface area contributed by atoms with Crippen LogP contribution in [0.2, 0.25) is 0 Å². The minimum absolute atomic E-state index is 0.155. The lowest BCUT2D eigenvalue weighted by atomic mass is 9.68. The summed E-state index contributed by atoms with van der Waals surface area (Å²) in [5.41, 5.74) is 2.19. The van der Waals surface area contributed by atoms with Crippen LogP contribution in [0, 0.1) is 11.8 Å². The van der Waals surface area contributed by atoms with Gasteiger partial charge in [-0.3, -0.25) is 4.90 Å². The lowest BCUT2D eigenvalue weighted by molar-refractivity contribution is -0.143. The van der Waals surface area contributed by atoms with Crippen molar-refractivity contribution < 1.29 is 14.3 Å². The molecule has 5 rings (SSSR count). The molecule has 2 bridgehead atoms. The molecule has 3 heterocycles. The molecule has 1 aromatic carbocycles. The van der Waals surface area contributed by atoms with Crippen LogP contribution in [0.3, 0.4) is 0 Å². The fourth-order valence-electron chi connectivity index (χ4n) is 6.45. The summed E-state index contributed by atoms with van der Waals surface area (Å²) in [5, 5.41) is 2.99. The highest BCUT2D eigenvalue weighted by Gasteiger charge is 2.47. The summed E-state index contributed by atoms with van der Waals surface area (Å²) >= 11 is 0. The maximum absolute atomic E-state index is 13.5. The minimum Gasteiger partial charge on any atom is -0.467 e. The van der Waals surface area contributed by atoms with Crippen LogP contribution in [0.15, 0.2) is 42.0 Å². The van der Waals surface area contributed by atoms with Gasteiger partial charge in [-0.2, -0.15) is 0 Å². The summed E-state index contributed by atoms with van der Waals surface area (Å²) < 4.78 is 5.00. The van der Waals surface area contributed by atoms with Gasteiger partial charge >= 0.3 is 12.0 Å². The molecule has 6 nitrogen and oxygen atoms in total. The number of benzene rings is 1. The number of esters is 1. The SMILES string of the molecule is COC(=O)[C@@H](NC(=O)N1CCCC2=CC3CC(CN4CCCC[C@H]34)[C@@H]21)c1ccccc1. The number of methoxy groups -OCH3 is 1. The second kappa shape index (κ2) is 8.65. The number of urea groups is 1. The van der Waals surface area contributed by atoms with E-state index in [4.69, 9.17) is 4.74 Å². The third kappa shape index (κ3) is 3.86. The molecule has 1 N–H and O–H groups in total. The van der Waals surface area contributed by atoms with E-state index < -0.39 is 12.0 Å². The fourth-order valence-corrected chi connectivity index (χ4v) is 6.45. The monoisotopic (exact) mass is 423 g/mol. The molecular weight excluding hydrogens is 390 g/mol. The first-order chi connectivity index (χ1) is 15.2. The third-order valence-corrected chi connectivity index (χ3v) is 7.76. The first-order valence-corrected chi connectivity index (χ1v) is 11.8. The topological polar surface area (TPSA) is 61.9 Å². The predicted octanol–water partition coefficient (Wildman–Crippen LogP) is 3.51. The number of carbonyl (C=O) groups is 2. The quantitative estimate of drug-likeness (QED) is 0.597. The van der Waals surface area contributed by atoms with Crippen molar-refractivity contribution in [2.45, 2.75) is 56.7 Å². The summed E-state index contributed by atoms with van der Waals surface area (Å²) in [6.45, 7) is 3.02. The van der Waals surface area contributed by atoms with Gasteiger partial charge in [-0.05, 0) is 56.0 Å². The number of nitrogens with zero attached hydrogens (tertiary/aromatic N) is 2. The largest absolute Gasteiger partial charge is 0.467 e. The zero-order valence-corrected chi connectivity index (χ0v) is 18.3. The van der Waals surface area contributed by atoms with E-state index in [1.807, 2.05) is 35.2 Å². The number of hydrogen-bond donors (Lipinski definition) is 1. The van der Waals surface area contributed by atoms with Crippen molar-refractivity contribution in [3.8, 4) is 0 Å². The molecule has 1 aromatic rings. The van der Waals surface area contributed by atoms with E-state index in [1.165, 1.54) is 44.9 Å². The molecule has 0 aromatic heterocycles. The van der Waals surface area contributed by atoms with Crippen LogP contribution in [0.1, 0.15) is 50.1 Å². The van der Waals surface area contributed by atoms with Crippen LogP contribution in [0.4, 0.5) is 4.79 Å². The van der Waals surface area contributed by atoms with Crippen molar-refractivity contribution in [2.75, 3.05) is 26.7 Å². The highest BCUT2D eigenvalue weighted by Crippen LogP contribution is 2.45. The lowest BCUT2D eigenvalue weighted by Crippen LogP contribution is -2.61. The highest BCUT2D eigenvalue weighted by atomic mass is 16.5. The number of amides is 2. The van der Waals surface area contributed by atoms with Crippen molar-refractivity contribution in [1.29, 1.82) is 0 Å². The Hall–Kier alpha value is -2.34. The molecule has 31 heavy (non-hydrogen) atoms. The normalized spacial score (nSPS) is 31.0. The number of ether oxygens (including phenoxy) is 1. The van der Waals surface area contributed by atoms with Gasteiger partial charge in [0.05, 0.1) is 13.2 Å². The molecular formula is C25H33N3O3. The van der Waals surface area contributed by atoms with Gasteiger partial charge in [-0.15, -0.1) is 0 Å². The van der Waals surface area contributed by atoms with Gasteiger partial charge in [0.1, 0.15) is 0 Å². The number of likely N-dealkylation sites (tertiary alicyclic amines) is 1. The molecule has 5 atom stereocenters. The maximum Gasteiger partial charge on any atom is 0.333 e. The van der Waals surface area contributed by atoms with Gasteiger partial charge in [-0.1, -0.05) is 48.4 Å². The van der Waals surface area contributed by atoms with Gasteiger partial charge in [0, 0.05) is 19.1 Å². The Morgan fingerprint density at radius 2 is 1.97 bits per heavy atom. The average molecular weight is 424 g/mol. The van der Waals surface area contributed by atoms with E-state index in [0.29, 0.717) is 17.9 Å². The Labute approximate surface area is 184 Å². The minimum atomic E-state index is -0.790. The average Bonchev–Trinajstić information content (AvgIpc) is 2.82. The van der Waals surface area contributed by atoms with E-state index in [0.717, 1.165) is 31.5 Å². The van der Waals surface area contributed by atoms with E-state index in [-0.39, 0.29) is 12.1 Å². The van der Waals surface area contributed by atoms with Gasteiger partial charge in [-0.25, -0.2) is 9.59 Å². The molecule has 6 heteroatoms. The molecule has 3 fully saturated rings. The lowest BCUT2D eigenvalue weighted by Gasteiger charge is -2.54. The molecule has 0 saturated carbocycles. The van der Waals surface area contributed by atoms with Crippen LogP contribution in [-0.2, 0) is 9.53 Å². The molecule has 2 unspecified atom stereocenters. The maximum atomic E-state index is 13.5. The third-order valence-electron chi connectivity index (χ3n) is 7.76. The van der Waals surface area contributed by atoms with Crippen molar-refractivity contribution in [3.63, 3.8) is 0 Å². The number of rotatable bonds is 3. The zero-order valence-electron chi connectivity index (χ0n) is 18.3. The Balaban J connectivity index is 1.38. The van der Waals surface area contributed by atoms with Crippen molar-refractivity contribution >= 4 is 12.0 Å².